The Morgan fingerprint density at radius 2 is 1.42 bits per heavy atom. The van der Waals surface area contributed by atoms with Crippen molar-refractivity contribution in [2.75, 3.05) is 13.7 Å². The molecule has 0 amide bonds. The van der Waals surface area contributed by atoms with Crippen molar-refractivity contribution in [3.05, 3.63) is 132 Å². The molecule has 66 heavy (non-hydrogen) atoms. The summed E-state index contributed by atoms with van der Waals surface area (Å²) in [6, 6.07) is 37.5. The summed E-state index contributed by atoms with van der Waals surface area (Å²) in [5.74, 6) is -0.163. The predicted molar refractivity (Wildman–Crippen MR) is 283 cm³/mol. The predicted octanol–water partition coefficient (Wildman–Crippen LogP) is 13.2. The number of hydrogen-bond donors (Lipinski definition) is 1. The van der Waals surface area contributed by atoms with Crippen LogP contribution in [0.2, 0.25) is 48.9 Å². The van der Waals surface area contributed by atoms with E-state index in [1.54, 1.807) is 18.9 Å². The van der Waals surface area contributed by atoms with Crippen LogP contribution in [0.15, 0.2) is 126 Å². The molecule has 0 saturated carbocycles. The zero-order valence-corrected chi connectivity index (χ0v) is 46.3. The summed E-state index contributed by atoms with van der Waals surface area (Å²) in [6.07, 6.45) is 6.52. The minimum absolute atomic E-state index is 0.0330. The number of benzene rings is 4. The highest BCUT2D eigenvalue weighted by molar-refractivity contribution is 7.99. The molecule has 5 atom stereocenters. The lowest BCUT2D eigenvalue weighted by molar-refractivity contribution is -0.152. The second kappa shape index (κ2) is 22.4. The summed E-state index contributed by atoms with van der Waals surface area (Å²) in [4.78, 5) is 27.9. The van der Waals surface area contributed by atoms with Crippen molar-refractivity contribution in [2.24, 2.45) is 5.92 Å². The molecule has 1 saturated heterocycles. The van der Waals surface area contributed by atoms with Gasteiger partial charge in [-0.05, 0) is 121 Å². The Kier molecular flexibility index (Phi) is 18.3. The maximum atomic E-state index is 13.9. The molecule has 1 fully saturated rings. The van der Waals surface area contributed by atoms with Crippen molar-refractivity contribution in [1.29, 1.82) is 0 Å². The molecule has 5 rings (SSSR count). The van der Waals surface area contributed by atoms with E-state index in [0.717, 1.165) is 39.7 Å². The largest absolute Gasteiger partial charge is 0.497 e. The maximum Gasteiger partial charge on any atom is 0.338 e. The molecular formula is C55H80O7SSi3. The Balaban J connectivity index is 1.44. The Labute approximate surface area is 405 Å². The summed E-state index contributed by atoms with van der Waals surface area (Å²) >= 11 is 1.74. The quantitative estimate of drug-likeness (QED) is 0.0361. The van der Waals surface area contributed by atoms with E-state index >= 15 is 0 Å². The average Bonchev–Trinajstić information content (AvgIpc) is 3.57. The Morgan fingerprint density at radius 3 is 1.97 bits per heavy atom. The molecule has 0 radical (unpaired) electrons. The highest BCUT2D eigenvalue weighted by atomic mass is 32.2. The van der Waals surface area contributed by atoms with Gasteiger partial charge in [0.2, 0.25) is 0 Å². The maximum absolute atomic E-state index is 13.9. The fraction of sp³-hybridized carbons (Fsp3) is 0.509. The number of esters is 1. The molecule has 0 aliphatic carbocycles. The average molecular weight is 970 g/mol. The van der Waals surface area contributed by atoms with Gasteiger partial charge in [0, 0.05) is 18.2 Å². The van der Waals surface area contributed by atoms with Gasteiger partial charge in [0.15, 0.2) is 14.1 Å². The third kappa shape index (κ3) is 14.2. The molecule has 1 heterocycles. The lowest BCUT2D eigenvalue weighted by atomic mass is 9.94. The SMILES string of the molecule is COc1ccc(C(=O)OCC[Si](C)(C)C)c(C(CC[C@@H]2OC(C)(C)O[C@@H]2C(/C=C\C[C@H](C)CC(C)(C)[Si](O)(c2ccccc2)c2ccccc2)O[Si](C)(C)C(C)(C)C)Sc2ccccc2)c1. The van der Waals surface area contributed by atoms with Gasteiger partial charge >= 0.3 is 5.97 Å². The minimum Gasteiger partial charge on any atom is -0.497 e. The second-order valence-corrected chi connectivity index (χ2v) is 37.8. The van der Waals surface area contributed by atoms with Crippen molar-refractivity contribution < 1.29 is 33.0 Å². The topological polar surface area (TPSA) is 83.5 Å². The van der Waals surface area contributed by atoms with Crippen molar-refractivity contribution >= 4 is 52.8 Å². The zero-order valence-electron chi connectivity index (χ0n) is 42.5. The molecular weight excluding hydrogens is 889 g/mol. The van der Waals surface area contributed by atoms with Crippen LogP contribution in [0.4, 0.5) is 0 Å². The van der Waals surface area contributed by atoms with E-state index in [-0.39, 0.29) is 45.5 Å². The fourth-order valence-electron chi connectivity index (χ4n) is 8.86. The molecule has 1 aliphatic rings. The van der Waals surface area contributed by atoms with Crippen LogP contribution in [0.1, 0.15) is 102 Å². The van der Waals surface area contributed by atoms with Crippen LogP contribution in [-0.2, 0) is 18.6 Å². The van der Waals surface area contributed by atoms with E-state index in [0.29, 0.717) is 30.8 Å². The molecule has 0 spiro atoms. The number of allylic oxidation sites excluding steroid dienone is 1. The molecule has 7 nitrogen and oxygen atoms in total. The van der Waals surface area contributed by atoms with Crippen LogP contribution in [0.25, 0.3) is 0 Å². The summed E-state index contributed by atoms with van der Waals surface area (Å²) in [5.41, 5.74) is 1.45. The molecule has 4 aromatic rings. The van der Waals surface area contributed by atoms with Crippen LogP contribution < -0.4 is 15.1 Å². The minimum atomic E-state index is -3.16. The molecule has 0 bridgehead atoms. The number of carbonyl (C=O) groups is 1. The Bertz CT molecular complexity index is 2130. The monoisotopic (exact) mass is 968 g/mol. The van der Waals surface area contributed by atoms with Gasteiger partial charge in [-0.1, -0.05) is 152 Å². The van der Waals surface area contributed by atoms with E-state index in [1.807, 2.05) is 74.5 Å². The Hall–Kier alpha value is -3.27. The van der Waals surface area contributed by atoms with Crippen LogP contribution in [-0.4, -0.2) is 73.3 Å². The van der Waals surface area contributed by atoms with E-state index in [1.165, 1.54) is 0 Å². The van der Waals surface area contributed by atoms with Gasteiger partial charge in [-0.25, -0.2) is 4.79 Å². The number of hydrogen-bond acceptors (Lipinski definition) is 8. The summed E-state index contributed by atoms with van der Waals surface area (Å²) < 4.78 is 32.8. The van der Waals surface area contributed by atoms with Crippen molar-refractivity contribution in [3.8, 4) is 5.75 Å². The van der Waals surface area contributed by atoms with Gasteiger partial charge in [0.05, 0.1) is 31.5 Å². The van der Waals surface area contributed by atoms with Crippen LogP contribution >= 0.6 is 11.8 Å². The zero-order chi connectivity index (χ0) is 48.6. The Morgan fingerprint density at radius 1 is 0.848 bits per heavy atom. The van der Waals surface area contributed by atoms with Crippen LogP contribution in [0.3, 0.4) is 0 Å². The molecule has 4 aromatic carbocycles. The molecule has 360 valence electrons. The number of methoxy groups -OCH3 is 1. The highest BCUT2D eigenvalue weighted by Gasteiger charge is 2.51. The molecule has 1 aliphatic heterocycles. The highest BCUT2D eigenvalue weighted by Crippen LogP contribution is 2.46. The first kappa shape index (κ1) is 53.7. The third-order valence-electron chi connectivity index (χ3n) is 13.5. The summed E-state index contributed by atoms with van der Waals surface area (Å²) in [6.45, 7) is 29.5. The first-order valence-electron chi connectivity index (χ1n) is 24.0. The van der Waals surface area contributed by atoms with Gasteiger partial charge in [0.1, 0.15) is 11.9 Å². The van der Waals surface area contributed by atoms with Gasteiger partial charge in [-0.15, -0.1) is 11.8 Å². The summed E-state index contributed by atoms with van der Waals surface area (Å²) in [7, 11) is -5.22. The smallest absolute Gasteiger partial charge is 0.338 e. The molecule has 1 N–H and O–H groups in total. The standard InChI is InChI=1S/C55H80O7SSi3/c1-41(40-54(5,6)66(57,44-28-20-16-21-29-44)45-30-22-17-23-31-45)25-24-32-49(62-65(13,14)53(2,3)4)51-48(60-55(7,8)61-51)35-36-50(63-43-26-18-15-19-27-43)47-39-42(58-9)33-34-46(47)52(56)59-37-38-64(10,11)12/h15-24,26-34,39,41,48-51,57H,25,35-38,40H2,1-14H3/b32-24-/t41-,48-,49?,50?,51-/m0/s1. The van der Waals surface area contributed by atoms with E-state index < -0.39 is 30.5 Å². The van der Waals surface area contributed by atoms with Crippen molar-refractivity contribution in [3.63, 3.8) is 0 Å². The van der Waals surface area contributed by atoms with E-state index in [2.05, 4.69) is 135 Å². The van der Waals surface area contributed by atoms with E-state index in [9.17, 15) is 9.59 Å². The first-order valence-corrected chi connectivity index (χ1v) is 33.4. The molecule has 2 unspecified atom stereocenters. The number of rotatable bonds is 22. The van der Waals surface area contributed by atoms with Gasteiger partial charge in [-0.3, -0.25) is 0 Å². The molecule has 11 heteroatoms. The van der Waals surface area contributed by atoms with Crippen LogP contribution in [0.5, 0.6) is 5.75 Å². The second-order valence-electron chi connectivity index (χ2n) is 22.2. The van der Waals surface area contributed by atoms with Gasteiger partial charge in [-0.2, -0.15) is 0 Å². The number of carbonyl (C=O) groups excluding carboxylic acids is 1. The fourth-order valence-corrected chi connectivity index (χ4v) is 15.9. The third-order valence-corrected chi connectivity index (χ3v) is 25.5. The summed E-state index contributed by atoms with van der Waals surface area (Å²) in [5, 5.41) is 1.54. The normalized spacial score (nSPS) is 18.5. The van der Waals surface area contributed by atoms with Crippen molar-refractivity contribution in [2.45, 2.75) is 164 Å². The molecule has 0 aromatic heterocycles. The number of ether oxygens (including phenoxy) is 4. The van der Waals surface area contributed by atoms with Gasteiger partial charge < -0.3 is 28.2 Å². The number of thioether (sulfide) groups is 1. The lowest BCUT2D eigenvalue weighted by Gasteiger charge is -2.42. The van der Waals surface area contributed by atoms with Crippen molar-refractivity contribution in [1.82, 2.24) is 0 Å². The lowest BCUT2D eigenvalue weighted by Crippen LogP contribution is -2.65. The first-order chi connectivity index (χ1) is 30.9. The van der Waals surface area contributed by atoms with E-state index in [4.69, 9.17) is 23.4 Å². The van der Waals surface area contributed by atoms with Gasteiger partial charge in [0.25, 0.3) is 8.32 Å². The van der Waals surface area contributed by atoms with Crippen LogP contribution in [0, 0.1) is 5.92 Å².